The molecular formula is C18H12Cl2F3N5. The highest BCUT2D eigenvalue weighted by atomic mass is 35.5. The van der Waals surface area contributed by atoms with Crippen molar-refractivity contribution in [1.82, 2.24) is 4.57 Å². The van der Waals surface area contributed by atoms with Crippen molar-refractivity contribution in [2.24, 2.45) is 10.7 Å². The fourth-order valence-corrected chi connectivity index (χ4v) is 3.21. The van der Waals surface area contributed by atoms with Gasteiger partial charge in [-0.1, -0.05) is 23.2 Å². The maximum atomic E-state index is 12.9. The van der Waals surface area contributed by atoms with Crippen LogP contribution in [-0.2, 0) is 6.18 Å². The van der Waals surface area contributed by atoms with E-state index in [1.165, 1.54) is 6.21 Å². The van der Waals surface area contributed by atoms with Crippen molar-refractivity contribution < 1.29 is 13.2 Å². The van der Waals surface area contributed by atoms with E-state index >= 15 is 0 Å². The number of nitrogens with zero attached hydrogens (tertiary/aromatic N) is 4. The van der Waals surface area contributed by atoms with Crippen molar-refractivity contribution in [3.63, 3.8) is 0 Å². The van der Waals surface area contributed by atoms with E-state index in [4.69, 9.17) is 39.5 Å². The Morgan fingerprint density at radius 1 is 1.14 bits per heavy atom. The second-order valence-corrected chi connectivity index (χ2v) is 6.51. The normalized spacial score (nSPS) is 12.6. The molecule has 0 aliphatic heterocycles. The fraction of sp³-hybridized carbons (Fsp3) is 0.167. The van der Waals surface area contributed by atoms with Crippen molar-refractivity contribution in [3.8, 4) is 17.8 Å². The summed E-state index contributed by atoms with van der Waals surface area (Å²) >= 11 is 12.2. The molecule has 0 bridgehead atoms. The summed E-state index contributed by atoms with van der Waals surface area (Å²) in [6, 6.07) is 6.64. The maximum absolute atomic E-state index is 12.9. The summed E-state index contributed by atoms with van der Waals surface area (Å²) in [5.41, 5.74) is 5.79. The van der Waals surface area contributed by atoms with Crippen LogP contribution in [0.3, 0.4) is 0 Å². The van der Waals surface area contributed by atoms with Gasteiger partial charge in [-0.25, -0.2) is 4.99 Å². The number of nitriles is 2. The number of aliphatic imine (C=N–C) groups is 1. The lowest BCUT2D eigenvalue weighted by Gasteiger charge is -2.16. The summed E-state index contributed by atoms with van der Waals surface area (Å²) in [5, 5.41) is 17.4. The number of hydrogen-bond acceptors (Lipinski definition) is 4. The molecule has 0 atom stereocenters. The second-order valence-electron chi connectivity index (χ2n) is 5.69. The van der Waals surface area contributed by atoms with Gasteiger partial charge >= 0.3 is 6.18 Å². The summed E-state index contributed by atoms with van der Waals surface area (Å²) in [6.45, 7) is 3.39. The monoisotopic (exact) mass is 425 g/mol. The number of alkyl halides is 3. The standard InChI is InChI=1S/C18H12Cl2F3N5/c1-9-3-11(8-27-16(7-25)15(26)6-24)10(2)28(9)17-13(19)4-12(5-14(17)20)18(21,22)23/h3-5,8H,26H2,1-2H3/b16-15-,27-8+. The molecule has 2 aromatic rings. The van der Waals surface area contributed by atoms with Crippen LogP contribution in [0.5, 0.6) is 0 Å². The van der Waals surface area contributed by atoms with Gasteiger partial charge in [-0.15, -0.1) is 0 Å². The van der Waals surface area contributed by atoms with Crippen LogP contribution in [0, 0.1) is 36.5 Å². The minimum atomic E-state index is -4.58. The van der Waals surface area contributed by atoms with Gasteiger partial charge in [0, 0.05) is 23.2 Å². The molecular weight excluding hydrogens is 414 g/mol. The van der Waals surface area contributed by atoms with Crippen LogP contribution in [-0.4, -0.2) is 10.8 Å². The number of nitrogens with two attached hydrogens (primary N) is 1. The molecule has 0 aliphatic carbocycles. The molecule has 0 saturated carbocycles. The lowest BCUT2D eigenvalue weighted by molar-refractivity contribution is -0.137. The van der Waals surface area contributed by atoms with Crippen molar-refractivity contribution in [2.75, 3.05) is 0 Å². The molecule has 28 heavy (non-hydrogen) atoms. The van der Waals surface area contributed by atoms with Crippen LogP contribution in [0.15, 0.2) is 34.6 Å². The molecule has 0 saturated heterocycles. The zero-order valence-electron chi connectivity index (χ0n) is 14.6. The quantitative estimate of drug-likeness (QED) is 0.550. The lowest BCUT2D eigenvalue weighted by Crippen LogP contribution is -2.08. The molecule has 10 heteroatoms. The summed E-state index contributed by atoms with van der Waals surface area (Å²) < 4.78 is 40.4. The summed E-state index contributed by atoms with van der Waals surface area (Å²) in [7, 11) is 0. The molecule has 0 spiro atoms. The van der Waals surface area contributed by atoms with Crippen LogP contribution in [0.25, 0.3) is 5.69 Å². The van der Waals surface area contributed by atoms with Crippen LogP contribution >= 0.6 is 23.2 Å². The van der Waals surface area contributed by atoms with E-state index in [2.05, 4.69) is 4.99 Å². The lowest BCUT2D eigenvalue weighted by atomic mass is 10.2. The first-order valence-corrected chi connectivity index (χ1v) is 8.36. The van der Waals surface area contributed by atoms with Gasteiger partial charge < -0.3 is 10.3 Å². The summed E-state index contributed by atoms with van der Waals surface area (Å²) in [6.07, 6.45) is -3.25. The number of allylic oxidation sites excluding steroid dienone is 2. The Labute approximate surface area is 168 Å². The zero-order chi connectivity index (χ0) is 21.2. The minimum Gasteiger partial charge on any atom is -0.388 e. The van der Waals surface area contributed by atoms with E-state index in [1.807, 2.05) is 0 Å². The van der Waals surface area contributed by atoms with Gasteiger partial charge in [-0.3, -0.25) is 0 Å². The first-order valence-electron chi connectivity index (χ1n) is 7.60. The number of rotatable bonds is 3. The molecule has 2 rings (SSSR count). The predicted molar refractivity (Wildman–Crippen MR) is 100 cm³/mol. The molecule has 0 fully saturated rings. The van der Waals surface area contributed by atoms with Gasteiger partial charge in [0.05, 0.1) is 21.3 Å². The van der Waals surface area contributed by atoms with Crippen molar-refractivity contribution in [1.29, 1.82) is 10.5 Å². The second kappa shape index (κ2) is 7.97. The van der Waals surface area contributed by atoms with Crippen LogP contribution < -0.4 is 5.73 Å². The van der Waals surface area contributed by atoms with Crippen molar-refractivity contribution in [3.05, 3.63) is 62.2 Å². The van der Waals surface area contributed by atoms with E-state index in [1.54, 1.807) is 36.6 Å². The topological polar surface area (TPSA) is 90.9 Å². The largest absolute Gasteiger partial charge is 0.416 e. The van der Waals surface area contributed by atoms with Crippen molar-refractivity contribution >= 4 is 29.4 Å². The van der Waals surface area contributed by atoms with E-state index in [9.17, 15) is 13.2 Å². The molecule has 5 nitrogen and oxygen atoms in total. The predicted octanol–water partition coefficient (Wildman–Crippen LogP) is 5.06. The highest BCUT2D eigenvalue weighted by molar-refractivity contribution is 6.38. The van der Waals surface area contributed by atoms with E-state index in [0.29, 0.717) is 17.0 Å². The van der Waals surface area contributed by atoms with Gasteiger partial charge in [0.15, 0.2) is 5.70 Å². The summed E-state index contributed by atoms with van der Waals surface area (Å²) in [4.78, 5) is 3.90. The molecule has 1 heterocycles. The Bertz CT molecular complexity index is 1060. The van der Waals surface area contributed by atoms with E-state index in [-0.39, 0.29) is 27.1 Å². The minimum absolute atomic E-state index is 0.170. The molecule has 0 unspecified atom stereocenters. The SMILES string of the molecule is Cc1cc(/C=N/C(C#N)=C(\N)C#N)c(C)n1-c1c(Cl)cc(C(F)(F)F)cc1Cl. The van der Waals surface area contributed by atoms with Gasteiger partial charge in [0.1, 0.15) is 17.8 Å². The van der Waals surface area contributed by atoms with Crippen LogP contribution in [0.4, 0.5) is 13.2 Å². The Morgan fingerprint density at radius 3 is 2.18 bits per heavy atom. The van der Waals surface area contributed by atoms with Crippen LogP contribution in [0.1, 0.15) is 22.5 Å². The van der Waals surface area contributed by atoms with Gasteiger partial charge in [0.2, 0.25) is 0 Å². The number of halogens is 5. The average Bonchev–Trinajstić information content (AvgIpc) is 2.88. The molecule has 0 aliphatic rings. The van der Waals surface area contributed by atoms with Gasteiger partial charge in [0.25, 0.3) is 0 Å². The Kier molecular flexibility index (Phi) is 6.08. The van der Waals surface area contributed by atoms with Gasteiger partial charge in [-0.05, 0) is 32.0 Å². The first-order chi connectivity index (χ1) is 13.0. The third kappa shape index (κ3) is 4.14. The molecule has 1 aromatic carbocycles. The molecule has 0 radical (unpaired) electrons. The highest BCUT2D eigenvalue weighted by Crippen LogP contribution is 2.38. The summed E-state index contributed by atoms with van der Waals surface area (Å²) in [5.74, 6) is 0. The first kappa shape index (κ1) is 21.4. The fourth-order valence-electron chi connectivity index (χ4n) is 2.55. The van der Waals surface area contributed by atoms with E-state index in [0.717, 1.165) is 12.1 Å². The molecule has 2 N–H and O–H groups in total. The Balaban J connectivity index is 2.60. The van der Waals surface area contributed by atoms with Crippen LogP contribution in [0.2, 0.25) is 10.0 Å². The number of hydrogen-bond donors (Lipinski definition) is 1. The number of aromatic nitrogens is 1. The third-order valence-corrected chi connectivity index (χ3v) is 4.43. The highest BCUT2D eigenvalue weighted by Gasteiger charge is 2.32. The Hall–Kier alpha value is -2.94. The average molecular weight is 426 g/mol. The third-order valence-electron chi connectivity index (χ3n) is 3.85. The zero-order valence-corrected chi connectivity index (χ0v) is 16.1. The number of aryl methyl sites for hydroxylation is 1. The molecule has 144 valence electrons. The van der Waals surface area contributed by atoms with E-state index < -0.39 is 11.7 Å². The molecule has 1 aromatic heterocycles. The Morgan fingerprint density at radius 2 is 1.71 bits per heavy atom. The number of benzene rings is 1. The smallest absolute Gasteiger partial charge is 0.388 e. The van der Waals surface area contributed by atoms with Crippen molar-refractivity contribution in [2.45, 2.75) is 20.0 Å². The maximum Gasteiger partial charge on any atom is 0.416 e. The molecule has 0 amide bonds. The van der Waals surface area contributed by atoms with Gasteiger partial charge in [-0.2, -0.15) is 23.7 Å².